The first kappa shape index (κ1) is 13.5. The third kappa shape index (κ3) is 2.83. The van der Waals surface area contributed by atoms with Gasteiger partial charge in [-0.25, -0.2) is 0 Å². The molecule has 0 radical (unpaired) electrons. The van der Waals surface area contributed by atoms with Crippen LogP contribution in [-0.4, -0.2) is 18.4 Å². The van der Waals surface area contributed by atoms with Crippen molar-refractivity contribution in [1.29, 1.82) is 0 Å². The van der Waals surface area contributed by atoms with Crippen molar-refractivity contribution in [2.75, 3.05) is 17.2 Å². The van der Waals surface area contributed by atoms with Gasteiger partial charge < -0.3 is 15.4 Å². The number of carbonyl (C=O) groups is 2. The second kappa shape index (κ2) is 5.46. The van der Waals surface area contributed by atoms with Gasteiger partial charge in [0.2, 0.25) is 0 Å². The highest BCUT2D eigenvalue weighted by molar-refractivity contribution is 6.33. The fraction of sp³-hybridized carbons (Fsp3) is 0.0667. The van der Waals surface area contributed by atoms with Crippen molar-refractivity contribution in [1.82, 2.24) is 0 Å². The summed E-state index contributed by atoms with van der Waals surface area (Å²) in [7, 11) is 0. The highest BCUT2D eigenvalue weighted by atomic mass is 35.5. The van der Waals surface area contributed by atoms with E-state index in [0.717, 1.165) is 0 Å². The van der Waals surface area contributed by atoms with Crippen molar-refractivity contribution in [3.8, 4) is 5.75 Å². The van der Waals surface area contributed by atoms with Crippen molar-refractivity contribution in [2.24, 2.45) is 0 Å². The number of amides is 2. The first-order valence-corrected chi connectivity index (χ1v) is 6.64. The SMILES string of the molecule is O=C1COc2cc(C(=O)Nc3ccccc3Cl)ccc2N1. The quantitative estimate of drug-likeness (QED) is 0.896. The molecule has 0 fully saturated rings. The molecule has 0 aliphatic carbocycles. The Morgan fingerprint density at radius 2 is 2.05 bits per heavy atom. The number of halogens is 1. The van der Waals surface area contributed by atoms with E-state index in [-0.39, 0.29) is 18.4 Å². The second-order valence-electron chi connectivity index (χ2n) is 4.48. The molecule has 0 aromatic heterocycles. The van der Waals surface area contributed by atoms with Crippen molar-refractivity contribution >= 4 is 34.8 Å². The maximum Gasteiger partial charge on any atom is 0.262 e. The molecule has 2 aromatic rings. The third-order valence-electron chi connectivity index (χ3n) is 3.00. The number of fused-ring (bicyclic) bond motifs is 1. The lowest BCUT2D eigenvalue weighted by Crippen LogP contribution is -2.25. The van der Waals surface area contributed by atoms with Gasteiger partial charge in [0.25, 0.3) is 11.8 Å². The number of nitrogens with one attached hydrogen (secondary N) is 2. The van der Waals surface area contributed by atoms with E-state index in [9.17, 15) is 9.59 Å². The average Bonchev–Trinajstić information content (AvgIpc) is 2.49. The Balaban J connectivity index is 1.83. The molecule has 0 unspecified atom stereocenters. The summed E-state index contributed by atoms with van der Waals surface area (Å²) < 4.78 is 5.28. The summed E-state index contributed by atoms with van der Waals surface area (Å²) >= 11 is 6.00. The maximum absolute atomic E-state index is 12.2. The van der Waals surface area contributed by atoms with E-state index in [1.54, 1.807) is 42.5 Å². The summed E-state index contributed by atoms with van der Waals surface area (Å²) in [5, 5.41) is 5.86. The summed E-state index contributed by atoms with van der Waals surface area (Å²) in [5.74, 6) is -0.0384. The van der Waals surface area contributed by atoms with Crippen LogP contribution in [0.25, 0.3) is 0 Å². The van der Waals surface area contributed by atoms with Crippen LogP contribution in [0.1, 0.15) is 10.4 Å². The molecule has 0 spiro atoms. The Hall–Kier alpha value is -2.53. The first-order chi connectivity index (χ1) is 10.1. The molecule has 0 saturated carbocycles. The van der Waals surface area contributed by atoms with E-state index >= 15 is 0 Å². The van der Waals surface area contributed by atoms with E-state index in [1.807, 2.05) is 0 Å². The Morgan fingerprint density at radius 3 is 2.86 bits per heavy atom. The van der Waals surface area contributed by atoms with Crippen LogP contribution in [0.4, 0.5) is 11.4 Å². The molecule has 21 heavy (non-hydrogen) atoms. The topological polar surface area (TPSA) is 67.4 Å². The lowest BCUT2D eigenvalue weighted by Gasteiger charge is -2.18. The first-order valence-electron chi connectivity index (χ1n) is 6.26. The molecular weight excluding hydrogens is 292 g/mol. The second-order valence-corrected chi connectivity index (χ2v) is 4.89. The molecule has 0 atom stereocenters. The number of benzene rings is 2. The van der Waals surface area contributed by atoms with Crippen LogP contribution >= 0.6 is 11.6 Å². The van der Waals surface area contributed by atoms with Gasteiger partial charge in [-0.3, -0.25) is 9.59 Å². The van der Waals surface area contributed by atoms with E-state index < -0.39 is 0 Å². The highest BCUT2D eigenvalue weighted by Gasteiger charge is 2.18. The minimum absolute atomic E-state index is 0.0530. The number of carbonyl (C=O) groups excluding carboxylic acids is 2. The largest absolute Gasteiger partial charge is 0.482 e. The molecule has 3 rings (SSSR count). The van der Waals surface area contributed by atoms with Crippen molar-refractivity contribution in [2.45, 2.75) is 0 Å². The summed E-state index contributed by atoms with van der Waals surface area (Å²) in [5.41, 5.74) is 1.52. The molecule has 2 N–H and O–H groups in total. The predicted molar refractivity (Wildman–Crippen MR) is 80.0 cm³/mol. The maximum atomic E-state index is 12.2. The molecule has 2 aromatic carbocycles. The molecule has 1 aliphatic heterocycles. The average molecular weight is 303 g/mol. The summed E-state index contributed by atoms with van der Waals surface area (Å²) in [6.07, 6.45) is 0. The Kier molecular flexibility index (Phi) is 3.50. The molecule has 6 heteroatoms. The number of para-hydroxylation sites is 1. The van der Waals surface area contributed by atoms with Crippen LogP contribution in [0.2, 0.25) is 5.02 Å². The van der Waals surface area contributed by atoms with Gasteiger partial charge in [-0.1, -0.05) is 23.7 Å². The standard InChI is InChI=1S/C15H11ClN2O3/c16-10-3-1-2-4-11(10)18-15(20)9-5-6-12-13(7-9)21-8-14(19)17-12/h1-7H,8H2,(H,17,19)(H,18,20). The number of hydrogen-bond donors (Lipinski definition) is 2. The molecule has 0 saturated heterocycles. The van der Waals surface area contributed by atoms with E-state index in [4.69, 9.17) is 16.3 Å². The van der Waals surface area contributed by atoms with E-state index in [1.165, 1.54) is 0 Å². The van der Waals surface area contributed by atoms with Crippen LogP contribution in [0.15, 0.2) is 42.5 Å². The molecule has 1 heterocycles. The van der Waals surface area contributed by atoms with Crippen molar-refractivity contribution in [3.63, 3.8) is 0 Å². The van der Waals surface area contributed by atoms with Gasteiger partial charge >= 0.3 is 0 Å². The number of hydrogen-bond acceptors (Lipinski definition) is 3. The van der Waals surface area contributed by atoms with Gasteiger partial charge in [0.05, 0.1) is 16.4 Å². The summed E-state index contributed by atoms with van der Waals surface area (Å²) in [6, 6.07) is 11.8. The summed E-state index contributed by atoms with van der Waals surface area (Å²) in [4.78, 5) is 23.4. The van der Waals surface area contributed by atoms with Crippen LogP contribution in [0, 0.1) is 0 Å². The van der Waals surface area contributed by atoms with Gasteiger partial charge in [-0.05, 0) is 30.3 Å². The number of anilines is 2. The molecule has 1 aliphatic rings. The Morgan fingerprint density at radius 1 is 1.24 bits per heavy atom. The van der Waals surface area contributed by atoms with E-state index in [0.29, 0.717) is 27.7 Å². The van der Waals surface area contributed by atoms with Crippen molar-refractivity contribution < 1.29 is 14.3 Å². The van der Waals surface area contributed by atoms with E-state index in [2.05, 4.69) is 10.6 Å². The molecule has 0 bridgehead atoms. The molecule has 106 valence electrons. The normalized spacial score (nSPS) is 12.9. The third-order valence-corrected chi connectivity index (χ3v) is 3.33. The lowest BCUT2D eigenvalue weighted by atomic mass is 10.1. The Labute approximate surface area is 125 Å². The Bertz CT molecular complexity index is 731. The summed E-state index contributed by atoms with van der Waals surface area (Å²) in [6.45, 7) is -0.0530. The fourth-order valence-electron chi connectivity index (χ4n) is 1.97. The monoisotopic (exact) mass is 302 g/mol. The van der Waals surface area contributed by atoms with Gasteiger partial charge in [-0.2, -0.15) is 0 Å². The zero-order valence-corrected chi connectivity index (χ0v) is 11.6. The number of rotatable bonds is 2. The minimum Gasteiger partial charge on any atom is -0.482 e. The van der Waals surface area contributed by atoms with Gasteiger partial charge in [-0.15, -0.1) is 0 Å². The number of ether oxygens (including phenoxy) is 1. The van der Waals surface area contributed by atoms with Gasteiger partial charge in [0.15, 0.2) is 6.61 Å². The van der Waals surface area contributed by atoms with Gasteiger partial charge in [0.1, 0.15) is 5.75 Å². The molecule has 2 amide bonds. The van der Waals surface area contributed by atoms with Crippen LogP contribution in [-0.2, 0) is 4.79 Å². The zero-order chi connectivity index (χ0) is 14.8. The van der Waals surface area contributed by atoms with Gasteiger partial charge in [0, 0.05) is 5.56 Å². The molecule has 5 nitrogen and oxygen atoms in total. The molecular formula is C15H11ClN2O3. The van der Waals surface area contributed by atoms with Crippen LogP contribution in [0.5, 0.6) is 5.75 Å². The fourth-order valence-corrected chi connectivity index (χ4v) is 2.16. The minimum atomic E-state index is -0.300. The van der Waals surface area contributed by atoms with Crippen LogP contribution in [0.3, 0.4) is 0 Å². The predicted octanol–water partition coefficient (Wildman–Crippen LogP) is 2.92. The zero-order valence-electron chi connectivity index (χ0n) is 10.9. The smallest absolute Gasteiger partial charge is 0.262 e. The van der Waals surface area contributed by atoms with Crippen LogP contribution < -0.4 is 15.4 Å². The van der Waals surface area contributed by atoms with Crippen molar-refractivity contribution in [3.05, 3.63) is 53.1 Å². The highest BCUT2D eigenvalue weighted by Crippen LogP contribution is 2.29. The lowest BCUT2D eigenvalue weighted by molar-refractivity contribution is -0.118.